The van der Waals surface area contributed by atoms with Gasteiger partial charge in [0, 0.05) is 37.6 Å². The first-order valence-electron chi connectivity index (χ1n) is 9.59. The number of hydrogen-bond acceptors (Lipinski definition) is 6. The number of aromatic nitrogens is 1. The van der Waals surface area contributed by atoms with Gasteiger partial charge in [-0.2, -0.15) is 0 Å². The van der Waals surface area contributed by atoms with Crippen LogP contribution in [0.3, 0.4) is 0 Å². The molecular formula is C19H27N5O2S. The molecule has 1 aromatic rings. The predicted octanol–water partition coefficient (Wildman–Crippen LogP) is 1.39. The Kier molecular flexibility index (Phi) is 7.07. The molecule has 0 radical (unpaired) electrons. The maximum absolute atomic E-state index is 12.7. The highest BCUT2D eigenvalue weighted by molar-refractivity contribution is 7.13. The zero-order valence-corrected chi connectivity index (χ0v) is 16.4. The topological polar surface area (TPSA) is 77.6 Å². The molecule has 2 N–H and O–H groups in total. The Morgan fingerprint density at radius 2 is 1.96 bits per heavy atom. The average Bonchev–Trinajstić information content (AvgIpc) is 3.15. The lowest BCUT2D eigenvalue weighted by molar-refractivity contribution is -0.122. The third-order valence-corrected chi connectivity index (χ3v) is 5.84. The van der Waals surface area contributed by atoms with Crippen LogP contribution in [0.5, 0.6) is 0 Å². The number of thiazole rings is 1. The second-order valence-electron chi connectivity index (χ2n) is 7.07. The predicted molar refractivity (Wildman–Crippen MR) is 107 cm³/mol. The summed E-state index contributed by atoms with van der Waals surface area (Å²) in [5.41, 5.74) is 0.513. The molecule has 2 heterocycles. The van der Waals surface area contributed by atoms with Crippen molar-refractivity contribution in [2.24, 2.45) is 0 Å². The van der Waals surface area contributed by atoms with Crippen molar-refractivity contribution in [1.29, 1.82) is 0 Å². The van der Waals surface area contributed by atoms with E-state index in [1.54, 1.807) is 0 Å². The number of nitrogens with one attached hydrogen (secondary N) is 2. The molecule has 146 valence electrons. The summed E-state index contributed by atoms with van der Waals surface area (Å²) in [5.74, 6) is 2.28. The van der Waals surface area contributed by atoms with Gasteiger partial charge in [0.25, 0.3) is 5.91 Å². The Balaban J connectivity index is 1.45. The fourth-order valence-corrected chi connectivity index (χ4v) is 4.30. The first-order valence-corrected chi connectivity index (χ1v) is 10.5. The second kappa shape index (κ2) is 9.72. The third kappa shape index (κ3) is 5.68. The first-order chi connectivity index (χ1) is 13.2. The van der Waals surface area contributed by atoms with Crippen molar-refractivity contribution < 1.29 is 9.59 Å². The van der Waals surface area contributed by atoms with Gasteiger partial charge in [-0.3, -0.25) is 14.5 Å². The van der Waals surface area contributed by atoms with E-state index in [9.17, 15) is 9.59 Å². The molecule has 2 aliphatic rings. The average molecular weight is 390 g/mol. The number of carbonyl (C=O) groups excluding carboxylic acids is 2. The van der Waals surface area contributed by atoms with Crippen molar-refractivity contribution in [2.75, 3.05) is 44.6 Å². The van der Waals surface area contributed by atoms with Gasteiger partial charge in [-0.15, -0.1) is 17.8 Å². The van der Waals surface area contributed by atoms with Crippen LogP contribution in [-0.4, -0.2) is 71.9 Å². The van der Waals surface area contributed by atoms with Crippen LogP contribution in [0.1, 0.15) is 42.6 Å². The molecule has 0 spiro atoms. The summed E-state index contributed by atoms with van der Waals surface area (Å²) in [6.07, 6.45) is 11.3. The summed E-state index contributed by atoms with van der Waals surface area (Å²) in [4.78, 5) is 32.8. The number of rotatable bonds is 6. The molecule has 1 aliphatic heterocycles. The summed E-state index contributed by atoms with van der Waals surface area (Å²) >= 11 is 1.50. The van der Waals surface area contributed by atoms with Crippen LogP contribution >= 0.6 is 11.3 Å². The maximum Gasteiger partial charge on any atom is 0.273 e. The van der Waals surface area contributed by atoms with Crippen molar-refractivity contribution >= 4 is 28.3 Å². The van der Waals surface area contributed by atoms with Gasteiger partial charge < -0.3 is 15.5 Å². The van der Waals surface area contributed by atoms with Gasteiger partial charge in [-0.25, -0.2) is 4.98 Å². The van der Waals surface area contributed by atoms with E-state index in [-0.39, 0.29) is 18.4 Å². The summed E-state index contributed by atoms with van der Waals surface area (Å²) in [5, 5.41) is 8.82. The molecule has 7 nitrogen and oxygen atoms in total. The van der Waals surface area contributed by atoms with Crippen molar-refractivity contribution in [3.8, 4) is 12.3 Å². The SMILES string of the molecule is C#CCNC(=O)CN1CCN(C(=O)c2csc(NC3CCCCC3)n2)CC1. The molecular weight excluding hydrogens is 362 g/mol. The highest BCUT2D eigenvalue weighted by Crippen LogP contribution is 2.24. The summed E-state index contributed by atoms with van der Waals surface area (Å²) in [7, 11) is 0. The molecule has 3 rings (SSSR count). The number of terminal acetylenes is 1. The van der Waals surface area contributed by atoms with Gasteiger partial charge in [0.2, 0.25) is 5.91 Å². The molecule has 1 aliphatic carbocycles. The fourth-order valence-electron chi connectivity index (χ4n) is 3.54. The smallest absolute Gasteiger partial charge is 0.273 e. The first kappa shape index (κ1) is 19.6. The second-order valence-corrected chi connectivity index (χ2v) is 7.92. The Labute approximate surface area is 164 Å². The quantitative estimate of drug-likeness (QED) is 0.719. The van der Waals surface area contributed by atoms with Gasteiger partial charge in [-0.05, 0) is 12.8 Å². The lowest BCUT2D eigenvalue weighted by atomic mass is 9.96. The van der Waals surface area contributed by atoms with Gasteiger partial charge in [0.15, 0.2) is 5.13 Å². The largest absolute Gasteiger partial charge is 0.359 e. The van der Waals surface area contributed by atoms with Gasteiger partial charge in [0.05, 0.1) is 13.1 Å². The number of anilines is 1. The minimum absolute atomic E-state index is 0.0284. The monoisotopic (exact) mass is 389 g/mol. The Morgan fingerprint density at radius 3 is 2.67 bits per heavy atom. The van der Waals surface area contributed by atoms with Crippen LogP contribution in [0, 0.1) is 12.3 Å². The number of carbonyl (C=O) groups is 2. The molecule has 0 bridgehead atoms. The van der Waals surface area contributed by atoms with Gasteiger partial charge >= 0.3 is 0 Å². The maximum atomic E-state index is 12.7. The van der Waals surface area contributed by atoms with Crippen molar-refractivity contribution in [1.82, 2.24) is 20.1 Å². The van der Waals surface area contributed by atoms with Gasteiger partial charge in [0.1, 0.15) is 5.69 Å². The van der Waals surface area contributed by atoms with Crippen molar-refractivity contribution in [3.63, 3.8) is 0 Å². The molecule has 0 atom stereocenters. The van der Waals surface area contributed by atoms with E-state index in [2.05, 4.69) is 21.5 Å². The molecule has 27 heavy (non-hydrogen) atoms. The molecule has 1 saturated carbocycles. The molecule has 8 heteroatoms. The van der Waals surface area contributed by atoms with Gasteiger partial charge in [-0.1, -0.05) is 25.2 Å². The van der Waals surface area contributed by atoms with E-state index in [1.807, 2.05) is 15.2 Å². The van der Waals surface area contributed by atoms with Crippen LogP contribution < -0.4 is 10.6 Å². The minimum Gasteiger partial charge on any atom is -0.359 e. The zero-order chi connectivity index (χ0) is 19.1. The molecule has 0 aromatic carbocycles. The number of piperazine rings is 1. The molecule has 2 fully saturated rings. The van der Waals surface area contributed by atoms with Crippen LogP contribution in [0.25, 0.3) is 0 Å². The number of nitrogens with zero attached hydrogens (tertiary/aromatic N) is 3. The summed E-state index contributed by atoms with van der Waals surface area (Å²) in [6.45, 7) is 3.11. The van der Waals surface area contributed by atoms with Crippen LogP contribution in [0.4, 0.5) is 5.13 Å². The summed E-state index contributed by atoms with van der Waals surface area (Å²) in [6, 6.07) is 0.483. The normalized spacial score (nSPS) is 18.7. The highest BCUT2D eigenvalue weighted by atomic mass is 32.1. The number of amides is 2. The van der Waals surface area contributed by atoms with E-state index in [0.717, 1.165) is 5.13 Å². The van der Waals surface area contributed by atoms with Crippen LogP contribution in [-0.2, 0) is 4.79 Å². The molecule has 1 aromatic heterocycles. The minimum atomic E-state index is -0.0781. The van der Waals surface area contributed by atoms with E-state index in [0.29, 0.717) is 44.5 Å². The number of hydrogen-bond donors (Lipinski definition) is 2. The van der Waals surface area contributed by atoms with E-state index in [4.69, 9.17) is 6.42 Å². The molecule has 1 saturated heterocycles. The fraction of sp³-hybridized carbons (Fsp3) is 0.632. The standard InChI is InChI=1S/C19H27N5O2S/c1-2-8-20-17(25)13-23-9-11-24(12-10-23)18(26)16-14-27-19(22-16)21-15-6-4-3-5-7-15/h1,14-15H,3-13H2,(H,20,25)(H,21,22). The highest BCUT2D eigenvalue weighted by Gasteiger charge is 2.25. The summed E-state index contributed by atoms with van der Waals surface area (Å²) < 4.78 is 0. The molecule has 0 unspecified atom stereocenters. The zero-order valence-electron chi connectivity index (χ0n) is 15.6. The lowest BCUT2D eigenvalue weighted by Gasteiger charge is -2.33. The Bertz CT molecular complexity index is 685. The van der Waals surface area contributed by atoms with Crippen LogP contribution in [0.15, 0.2) is 5.38 Å². The Morgan fingerprint density at radius 1 is 1.22 bits per heavy atom. The van der Waals surface area contributed by atoms with E-state index < -0.39 is 0 Å². The van der Waals surface area contributed by atoms with Crippen molar-refractivity contribution in [3.05, 3.63) is 11.1 Å². The van der Waals surface area contributed by atoms with E-state index >= 15 is 0 Å². The Hall–Kier alpha value is -2.11. The third-order valence-electron chi connectivity index (χ3n) is 5.07. The van der Waals surface area contributed by atoms with E-state index in [1.165, 1.54) is 43.4 Å². The van der Waals surface area contributed by atoms with Crippen molar-refractivity contribution in [2.45, 2.75) is 38.1 Å². The van der Waals surface area contributed by atoms with Crippen LogP contribution in [0.2, 0.25) is 0 Å². The molecule has 2 amide bonds. The lowest BCUT2D eigenvalue weighted by Crippen LogP contribution is -2.51.